The summed E-state index contributed by atoms with van der Waals surface area (Å²) in [6, 6.07) is 7.94. The predicted octanol–water partition coefficient (Wildman–Crippen LogP) is 2.11. The van der Waals surface area contributed by atoms with Gasteiger partial charge in [-0.3, -0.25) is 0 Å². The van der Waals surface area contributed by atoms with Crippen LogP contribution in [0.2, 0.25) is 0 Å². The average Bonchev–Trinajstić information content (AvgIpc) is 2.89. The fraction of sp³-hybridized carbons (Fsp3) is 0.300. The molecule has 0 unspecified atom stereocenters. The van der Waals surface area contributed by atoms with Crippen LogP contribution in [0.4, 0.5) is 0 Å². The second kappa shape index (κ2) is 5.62. The molecule has 0 saturated heterocycles. The van der Waals surface area contributed by atoms with Crippen LogP contribution < -0.4 is 0 Å². The molecule has 17 heavy (non-hydrogen) atoms. The van der Waals surface area contributed by atoms with E-state index in [-0.39, 0.29) is 0 Å². The lowest BCUT2D eigenvalue weighted by Gasteiger charge is -2.00. The van der Waals surface area contributed by atoms with Gasteiger partial charge in [0.25, 0.3) is 0 Å². The first-order valence-electron chi connectivity index (χ1n) is 5.24. The summed E-state index contributed by atoms with van der Waals surface area (Å²) < 4.78 is 0. The Kier molecular flexibility index (Phi) is 3.67. The summed E-state index contributed by atoms with van der Waals surface area (Å²) in [5.74, 6) is 0.589. The predicted molar refractivity (Wildman–Crippen MR) is 61.9 cm³/mol. The minimum atomic E-state index is 0.531. The first-order chi connectivity index (χ1) is 8.40. The fourth-order valence-electron chi connectivity index (χ4n) is 1.50. The largest absolute Gasteiger partial charge is 0.204 e. The molecule has 86 valence electrons. The maximum absolute atomic E-state index is 8.14. The number of nitrogens with zero attached hydrogens (tertiary/aromatic N) is 6. The van der Waals surface area contributed by atoms with Crippen LogP contribution in [-0.2, 0) is 6.42 Å². The summed E-state index contributed by atoms with van der Waals surface area (Å²) in [6.07, 6.45) is 1.75. The van der Waals surface area contributed by atoms with Gasteiger partial charge in [0.05, 0.1) is 0 Å². The zero-order valence-corrected chi connectivity index (χ0v) is 9.11. The van der Waals surface area contributed by atoms with Crippen molar-refractivity contribution in [3.63, 3.8) is 0 Å². The molecule has 7 heteroatoms. The van der Waals surface area contributed by atoms with Crippen LogP contribution in [0, 0.1) is 0 Å². The van der Waals surface area contributed by atoms with Crippen LogP contribution in [0.5, 0.6) is 0 Å². The van der Waals surface area contributed by atoms with Gasteiger partial charge >= 0.3 is 0 Å². The van der Waals surface area contributed by atoms with Crippen molar-refractivity contribution in [1.82, 2.24) is 20.6 Å². The van der Waals surface area contributed by atoms with E-state index in [0.29, 0.717) is 12.4 Å². The highest BCUT2D eigenvalue weighted by Gasteiger charge is 2.01. The quantitative estimate of drug-likeness (QED) is 0.367. The van der Waals surface area contributed by atoms with E-state index in [1.807, 2.05) is 24.3 Å². The number of nitrogens with one attached hydrogen (secondary N) is 1. The van der Waals surface area contributed by atoms with E-state index in [9.17, 15) is 0 Å². The highest BCUT2D eigenvalue weighted by Crippen LogP contribution is 2.14. The Hall–Kier alpha value is -2.40. The Morgan fingerprint density at radius 1 is 1.29 bits per heavy atom. The Bertz CT molecular complexity index is 496. The number of aryl methyl sites for hydroxylation is 1. The second-order valence-electron chi connectivity index (χ2n) is 3.49. The van der Waals surface area contributed by atoms with Crippen LogP contribution in [0.25, 0.3) is 21.8 Å². The third kappa shape index (κ3) is 3.02. The second-order valence-corrected chi connectivity index (χ2v) is 3.49. The molecule has 0 saturated carbocycles. The lowest BCUT2D eigenvalue weighted by Crippen LogP contribution is -1.88. The van der Waals surface area contributed by atoms with Crippen molar-refractivity contribution in [1.29, 1.82) is 0 Å². The van der Waals surface area contributed by atoms with E-state index in [0.717, 1.165) is 18.4 Å². The van der Waals surface area contributed by atoms with E-state index in [4.69, 9.17) is 5.53 Å². The number of hydrogen-bond donors (Lipinski definition) is 1. The van der Waals surface area contributed by atoms with Gasteiger partial charge in [0, 0.05) is 17.0 Å². The van der Waals surface area contributed by atoms with Crippen molar-refractivity contribution in [3.05, 3.63) is 40.3 Å². The number of tetrazole rings is 1. The van der Waals surface area contributed by atoms with Crippen molar-refractivity contribution in [3.8, 4) is 11.4 Å². The van der Waals surface area contributed by atoms with E-state index in [1.54, 1.807) is 0 Å². The van der Waals surface area contributed by atoms with Crippen molar-refractivity contribution in [2.75, 3.05) is 6.54 Å². The van der Waals surface area contributed by atoms with Gasteiger partial charge in [0.1, 0.15) is 0 Å². The van der Waals surface area contributed by atoms with Gasteiger partial charge in [-0.15, -0.1) is 10.2 Å². The topological polar surface area (TPSA) is 103 Å². The number of benzene rings is 1. The van der Waals surface area contributed by atoms with E-state index in [2.05, 4.69) is 30.7 Å². The normalized spacial score (nSPS) is 9.88. The average molecular weight is 229 g/mol. The Balaban J connectivity index is 1.96. The molecular weight excluding hydrogens is 218 g/mol. The van der Waals surface area contributed by atoms with Gasteiger partial charge in [0.2, 0.25) is 5.82 Å². The van der Waals surface area contributed by atoms with Crippen molar-refractivity contribution in [2.45, 2.75) is 12.8 Å². The Morgan fingerprint density at radius 3 is 2.76 bits per heavy atom. The number of aromatic nitrogens is 4. The molecule has 0 atom stereocenters. The van der Waals surface area contributed by atoms with Gasteiger partial charge in [-0.1, -0.05) is 29.4 Å². The summed E-state index contributed by atoms with van der Waals surface area (Å²) in [6.45, 7) is 0.531. The molecule has 0 aliphatic heterocycles. The van der Waals surface area contributed by atoms with Crippen molar-refractivity contribution in [2.24, 2.45) is 5.11 Å². The maximum atomic E-state index is 8.14. The van der Waals surface area contributed by atoms with Crippen LogP contribution in [-0.4, -0.2) is 27.2 Å². The third-order valence-electron chi connectivity index (χ3n) is 2.34. The standard InChI is InChI=1S/C10H11N7/c11-15-12-7-1-2-8-3-5-9(6-4-8)10-13-16-17-14-10/h3-6H,1-2,7H2,(H,13,14,16,17). The minimum absolute atomic E-state index is 0.531. The molecule has 0 aliphatic rings. The SMILES string of the molecule is [N-]=[N+]=NCCCc1ccc(-c2nn[nH]n2)cc1. The molecule has 0 spiro atoms. The summed E-state index contributed by atoms with van der Waals surface area (Å²) in [7, 11) is 0. The molecule has 0 bridgehead atoms. The van der Waals surface area contributed by atoms with Crippen LogP contribution in [0.15, 0.2) is 29.4 Å². The number of H-pyrrole nitrogens is 1. The summed E-state index contributed by atoms with van der Waals surface area (Å²) in [4.78, 5) is 2.71. The zero-order chi connectivity index (χ0) is 11.9. The molecule has 1 aromatic carbocycles. The van der Waals surface area contributed by atoms with Crippen LogP contribution in [0.3, 0.4) is 0 Å². The molecule has 7 nitrogen and oxygen atoms in total. The lowest BCUT2D eigenvalue weighted by atomic mass is 10.1. The molecule has 1 N–H and O–H groups in total. The lowest BCUT2D eigenvalue weighted by molar-refractivity contribution is 0.827. The molecule has 0 fully saturated rings. The van der Waals surface area contributed by atoms with Gasteiger partial charge in [-0.05, 0) is 29.1 Å². The highest BCUT2D eigenvalue weighted by molar-refractivity contribution is 5.54. The van der Waals surface area contributed by atoms with E-state index >= 15 is 0 Å². The summed E-state index contributed by atoms with van der Waals surface area (Å²) in [5, 5.41) is 17.2. The molecule has 0 aliphatic carbocycles. The molecule has 1 heterocycles. The third-order valence-corrected chi connectivity index (χ3v) is 2.34. The Morgan fingerprint density at radius 2 is 2.12 bits per heavy atom. The monoisotopic (exact) mass is 229 g/mol. The maximum Gasteiger partial charge on any atom is 0.204 e. The van der Waals surface area contributed by atoms with E-state index < -0.39 is 0 Å². The molecule has 0 radical (unpaired) electrons. The van der Waals surface area contributed by atoms with Gasteiger partial charge < -0.3 is 0 Å². The van der Waals surface area contributed by atoms with Gasteiger partial charge in [-0.25, -0.2) is 0 Å². The first-order valence-corrected chi connectivity index (χ1v) is 5.24. The van der Waals surface area contributed by atoms with E-state index in [1.165, 1.54) is 5.56 Å². The minimum Gasteiger partial charge on any atom is -0.177 e. The van der Waals surface area contributed by atoms with Gasteiger partial charge in [-0.2, -0.15) is 5.21 Å². The number of aromatic amines is 1. The highest BCUT2D eigenvalue weighted by atomic mass is 15.5. The van der Waals surface area contributed by atoms with Crippen LogP contribution in [0.1, 0.15) is 12.0 Å². The summed E-state index contributed by atoms with van der Waals surface area (Å²) in [5.41, 5.74) is 10.3. The molecular formula is C10H11N7. The molecule has 2 rings (SSSR count). The number of hydrogen-bond acceptors (Lipinski definition) is 4. The zero-order valence-electron chi connectivity index (χ0n) is 9.11. The molecule has 1 aromatic heterocycles. The fourth-order valence-corrected chi connectivity index (χ4v) is 1.50. The van der Waals surface area contributed by atoms with Crippen LogP contribution >= 0.6 is 0 Å². The summed E-state index contributed by atoms with van der Waals surface area (Å²) >= 11 is 0. The van der Waals surface area contributed by atoms with Crippen molar-refractivity contribution < 1.29 is 0 Å². The smallest absolute Gasteiger partial charge is 0.177 e. The molecule has 2 aromatic rings. The van der Waals surface area contributed by atoms with Gasteiger partial charge in [0.15, 0.2) is 0 Å². The van der Waals surface area contributed by atoms with Crippen molar-refractivity contribution >= 4 is 0 Å². The first kappa shape index (κ1) is 11.1. The Labute approximate surface area is 97.5 Å². The number of rotatable bonds is 5. The molecule has 0 amide bonds. The number of azide groups is 1.